The van der Waals surface area contributed by atoms with Crippen molar-refractivity contribution in [1.82, 2.24) is 5.32 Å². The summed E-state index contributed by atoms with van der Waals surface area (Å²) in [5.41, 5.74) is 1.25. The standard InChI is InChI=1S/C14H23NO2/c1-12(11-16-2)10-15-9-8-13-6-4-5-7-14(13)17-3/h4-7,12,15H,8-11H2,1-3H3. The molecule has 0 bridgehead atoms. The molecule has 1 N–H and O–H groups in total. The Kier molecular flexibility index (Phi) is 6.67. The van der Waals surface area contributed by atoms with Gasteiger partial charge in [0, 0.05) is 13.7 Å². The fraction of sp³-hybridized carbons (Fsp3) is 0.571. The Balaban J connectivity index is 2.26. The van der Waals surface area contributed by atoms with E-state index in [1.54, 1.807) is 14.2 Å². The van der Waals surface area contributed by atoms with Crippen LogP contribution in [0, 0.1) is 5.92 Å². The zero-order valence-electron chi connectivity index (χ0n) is 11.0. The van der Waals surface area contributed by atoms with Gasteiger partial charge >= 0.3 is 0 Å². The molecule has 17 heavy (non-hydrogen) atoms. The number of ether oxygens (including phenoxy) is 2. The molecule has 1 atom stereocenters. The van der Waals surface area contributed by atoms with Gasteiger partial charge in [0.15, 0.2) is 0 Å². The van der Waals surface area contributed by atoms with Crippen molar-refractivity contribution >= 4 is 0 Å². The van der Waals surface area contributed by atoms with Gasteiger partial charge in [-0.3, -0.25) is 0 Å². The third-order valence-corrected chi connectivity index (χ3v) is 2.71. The molecule has 0 heterocycles. The Bertz CT molecular complexity index is 315. The van der Waals surface area contributed by atoms with Gasteiger partial charge < -0.3 is 14.8 Å². The predicted molar refractivity (Wildman–Crippen MR) is 70.6 cm³/mol. The average molecular weight is 237 g/mol. The number of methoxy groups -OCH3 is 2. The molecule has 0 aliphatic heterocycles. The lowest BCUT2D eigenvalue weighted by Gasteiger charge is -2.12. The Hall–Kier alpha value is -1.06. The Labute approximate surface area is 104 Å². The van der Waals surface area contributed by atoms with Crippen molar-refractivity contribution < 1.29 is 9.47 Å². The molecule has 0 saturated carbocycles. The maximum absolute atomic E-state index is 5.31. The molecule has 1 unspecified atom stereocenters. The fourth-order valence-electron chi connectivity index (χ4n) is 1.82. The van der Waals surface area contributed by atoms with Gasteiger partial charge in [-0.15, -0.1) is 0 Å². The molecule has 0 aliphatic rings. The third-order valence-electron chi connectivity index (χ3n) is 2.71. The van der Waals surface area contributed by atoms with E-state index in [2.05, 4.69) is 18.3 Å². The number of benzene rings is 1. The molecule has 0 saturated heterocycles. The van der Waals surface area contributed by atoms with E-state index in [0.717, 1.165) is 31.9 Å². The van der Waals surface area contributed by atoms with E-state index in [-0.39, 0.29) is 0 Å². The quantitative estimate of drug-likeness (QED) is 0.702. The van der Waals surface area contributed by atoms with Crippen LogP contribution in [0.15, 0.2) is 24.3 Å². The van der Waals surface area contributed by atoms with Crippen molar-refractivity contribution in [1.29, 1.82) is 0 Å². The lowest BCUT2D eigenvalue weighted by molar-refractivity contribution is 0.158. The van der Waals surface area contributed by atoms with Gasteiger partial charge in [0.05, 0.1) is 7.11 Å². The number of hydrogen-bond donors (Lipinski definition) is 1. The van der Waals surface area contributed by atoms with Crippen molar-refractivity contribution in [3.8, 4) is 5.75 Å². The summed E-state index contributed by atoms with van der Waals surface area (Å²) < 4.78 is 10.4. The number of para-hydroxylation sites is 1. The molecular weight excluding hydrogens is 214 g/mol. The van der Waals surface area contributed by atoms with Gasteiger partial charge in [-0.2, -0.15) is 0 Å². The molecule has 3 heteroatoms. The van der Waals surface area contributed by atoms with Crippen LogP contribution < -0.4 is 10.1 Å². The van der Waals surface area contributed by atoms with Gasteiger partial charge in [-0.1, -0.05) is 25.1 Å². The van der Waals surface area contributed by atoms with Crippen LogP contribution in [0.5, 0.6) is 5.75 Å². The zero-order chi connectivity index (χ0) is 12.5. The van der Waals surface area contributed by atoms with Gasteiger partial charge in [0.25, 0.3) is 0 Å². The van der Waals surface area contributed by atoms with Crippen LogP contribution >= 0.6 is 0 Å². The van der Waals surface area contributed by atoms with E-state index >= 15 is 0 Å². The van der Waals surface area contributed by atoms with E-state index in [0.29, 0.717) is 5.92 Å². The molecule has 0 aliphatic carbocycles. The first-order chi connectivity index (χ1) is 8.27. The average Bonchev–Trinajstić information content (AvgIpc) is 2.35. The number of hydrogen-bond acceptors (Lipinski definition) is 3. The number of nitrogens with one attached hydrogen (secondary N) is 1. The minimum Gasteiger partial charge on any atom is -0.496 e. The van der Waals surface area contributed by atoms with Gasteiger partial charge in [0.1, 0.15) is 5.75 Å². The summed E-state index contributed by atoms with van der Waals surface area (Å²) in [6, 6.07) is 8.16. The maximum Gasteiger partial charge on any atom is 0.122 e. The van der Waals surface area contributed by atoms with E-state index < -0.39 is 0 Å². The number of rotatable bonds is 8. The van der Waals surface area contributed by atoms with E-state index in [9.17, 15) is 0 Å². The summed E-state index contributed by atoms with van der Waals surface area (Å²) in [5.74, 6) is 1.52. The highest BCUT2D eigenvalue weighted by Crippen LogP contribution is 2.17. The van der Waals surface area contributed by atoms with E-state index in [4.69, 9.17) is 9.47 Å². The highest BCUT2D eigenvalue weighted by Gasteiger charge is 2.02. The van der Waals surface area contributed by atoms with Crippen LogP contribution in [0.2, 0.25) is 0 Å². The molecule has 1 rings (SSSR count). The first-order valence-electron chi connectivity index (χ1n) is 6.09. The minimum atomic E-state index is 0.553. The lowest BCUT2D eigenvalue weighted by Crippen LogP contribution is -2.25. The maximum atomic E-state index is 5.31. The molecule has 1 aromatic rings. The summed E-state index contributed by atoms with van der Waals surface area (Å²) in [7, 11) is 3.46. The van der Waals surface area contributed by atoms with Crippen LogP contribution in [0.25, 0.3) is 0 Å². The fourth-order valence-corrected chi connectivity index (χ4v) is 1.82. The van der Waals surface area contributed by atoms with Crippen LogP contribution in [-0.4, -0.2) is 33.9 Å². The van der Waals surface area contributed by atoms with Gasteiger partial charge in [-0.25, -0.2) is 0 Å². The SMILES string of the molecule is COCC(C)CNCCc1ccccc1OC. The third kappa shape index (κ3) is 5.20. The molecular formula is C14H23NO2. The van der Waals surface area contributed by atoms with Crippen molar-refractivity contribution in [2.45, 2.75) is 13.3 Å². The van der Waals surface area contributed by atoms with Gasteiger partial charge in [0.2, 0.25) is 0 Å². The van der Waals surface area contributed by atoms with Crippen molar-refractivity contribution in [3.63, 3.8) is 0 Å². The second-order valence-corrected chi connectivity index (χ2v) is 4.33. The van der Waals surface area contributed by atoms with Crippen LogP contribution in [0.1, 0.15) is 12.5 Å². The van der Waals surface area contributed by atoms with Crippen LogP contribution in [0.4, 0.5) is 0 Å². The van der Waals surface area contributed by atoms with Crippen LogP contribution in [0.3, 0.4) is 0 Å². The first-order valence-corrected chi connectivity index (χ1v) is 6.09. The molecule has 0 aromatic heterocycles. The Morgan fingerprint density at radius 3 is 2.71 bits per heavy atom. The molecule has 0 radical (unpaired) electrons. The molecule has 0 fully saturated rings. The molecule has 0 amide bonds. The van der Waals surface area contributed by atoms with Crippen LogP contribution in [-0.2, 0) is 11.2 Å². The summed E-state index contributed by atoms with van der Waals surface area (Å²) in [4.78, 5) is 0. The smallest absolute Gasteiger partial charge is 0.122 e. The molecule has 96 valence electrons. The summed E-state index contributed by atoms with van der Waals surface area (Å²) >= 11 is 0. The minimum absolute atomic E-state index is 0.553. The lowest BCUT2D eigenvalue weighted by atomic mass is 10.1. The Morgan fingerprint density at radius 2 is 2.00 bits per heavy atom. The van der Waals surface area contributed by atoms with Crippen molar-refractivity contribution in [2.75, 3.05) is 33.9 Å². The van der Waals surface area contributed by atoms with Crippen molar-refractivity contribution in [3.05, 3.63) is 29.8 Å². The second-order valence-electron chi connectivity index (χ2n) is 4.33. The normalized spacial score (nSPS) is 12.4. The van der Waals surface area contributed by atoms with Gasteiger partial charge in [-0.05, 0) is 37.1 Å². The van der Waals surface area contributed by atoms with E-state index in [1.807, 2.05) is 18.2 Å². The summed E-state index contributed by atoms with van der Waals surface area (Å²) in [6.07, 6.45) is 0.990. The highest BCUT2D eigenvalue weighted by atomic mass is 16.5. The topological polar surface area (TPSA) is 30.5 Å². The first kappa shape index (κ1) is 14.0. The zero-order valence-corrected chi connectivity index (χ0v) is 11.0. The predicted octanol–water partition coefficient (Wildman–Crippen LogP) is 2.11. The summed E-state index contributed by atoms with van der Waals surface area (Å²) in [6.45, 7) is 4.94. The highest BCUT2D eigenvalue weighted by molar-refractivity contribution is 5.33. The molecule has 3 nitrogen and oxygen atoms in total. The molecule has 0 spiro atoms. The summed E-state index contributed by atoms with van der Waals surface area (Å²) in [5, 5.41) is 3.43. The second kappa shape index (κ2) is 8.09. The molecule has 1 aromatic carbocycles. The van der Waals surface area contributed by atoms with E-state index in [1.165, 1.54) is 5.56 Å². The van der Waals surface area contributed by atoms with Crippen molar-refractivity contribution in [2.24, 2.45) is 5.92 Å². The monoisotopic (exact) mass is 237 g/mol. The Morgan fingerprint density at radius 1 is 1.24 bits per heavy atom. The largest absolute Gasteiger partial charge is 0.496 e.